The van der Waals surface area contributed by atoms with Crippen molar-refractivity contribution in [3.8, 4) is 0 Å². The summed E-state index contributed by atoms with van der Waals surface area (Å²) in [6, 6.07) is 28.6. The monoisotopic (exact) mass is 406 g/mol. The summed E-state index contributed by atoms with van der Waals surface area (Å²) < 4.78 is 42.8. The Kier molecular flexibility index (Phi) is 5.20. The number of aromatic nitrogens is 2. The third-order valence-electron chi connectivity index (χ3n) is 5.36. The number of halogens is 3. The first-order chi connectivity index (χ1) is 14.5. The Hall–Kier alpha value is -3.34. The number of alkyl halides is 3. The van der Waals surface area contributed by atoms with Crippen LogP contribution in [0.4, 0.5) is 13.2 Å². The number of aryl methyl sites for hydroxylation is 1. The van der Waals surface area contributed by atoms with Gasteiger partial charge in [0, 0.05) is 11.8 Å². The van der Waals surface area contributed by atoms with Crippen LogP contribution in [-0.4, -0.2) is 9.78 Å². The molecule has 0 spiro atoms. The molecule has 0 atom stereocenters. The van der Waals surface area contributed by atoms with Crippen LogP contribution >= 0.6 is 0 Å². The lowest BCUT2D eigenvalue weighted by atomic mass is 9.77. The van der Waals surface area contributed by atoms with Gasteiger partial charge >= 0.3 is 6.18 Å². The minimum absolute atomic E-state index is 0.176. The molecule has 5 heteroatoms. The minimum Gasteiger partial charge on any atom is -0.252 e. The molecule has 1 aromatic heterocycles. The van der Waals surface area contributed by atoms with Crippen molar-refractivity contribution >= 4 is 0 Å². The molecule has 0 saturated carbocycles. The highest BCUT2D eigenvalue weighted by atomic mass is 19.4. The van der Waals surface area contributed by atoms with E-state index in [1.165, 1.54) is 10.9 Å². The molecule has 0 radical (unpaired) electrons. The second-order valence-corrected chi connectivity index (χ2v) is 7.11. The van der Waals surface area contributed by atoms with Crippen molar-refractivity contribution in [2.75, 3.05) is 0 Å². The normalized spacial score (nSPS) is 12.1. The lowest BCUT2D eigenvalue weighted by Gasteiger charge is -2.36. The topological polar surface area (TPSA) is 17.8 Å². The van der Waals surface area contributed by atoms with Crippen molar-refractivity contribution in [3.05, 3.63) is 125 Å². The zero-order chi connectivity index (χ0) is 21.2. The Morgan fingerprint density at radius 1 is 0.700 bits per heavy atom. The van der Waals surface area contributed by atoms with Gasteiger partial charge < -0.3 is 0 Å². The molecule has 0 aliphatic rings. The quantitative estimate of drug-likeness (QED) is 0.356. The molecular weight excluding hydrogens is 385 g/mol. The lowest BCUT2D eigenvalue weighted by Crippen LogP contribution is -2.38. The van der Waals surface area contributed by atoms with Gasteiger partial charge in [-0.05, 0) is 23.1 Å². The van der Waals surface area contributed by atoms with Gasteiger partial charge in [0.1, 0.15) is 5.54 Å². The molecule has 30 heavy (non-hydrogen) atoms. The minimum atomic E-state index is -4.52. The first-order valence-electron chi connectivity index (χ1n) is 9.80. The van der Waals surface area contributed by atoms with E-state index in [4.69, 9.17) is 0 Å². The second-order valence-electron chi connectivity index (χ2n) is 7.11. The summed E-state index contributed by atoms with van der Waals surface area (Å²) in [6.07, 6.45) is -2.74. The number of rotatable bonds is 5. The SMILES string of the molecule is CCc1cn(C(c2ccccc2)(c2ccccc2)c2ccccc2)nc1C(F)(F)F. The summed E-state index contributed by atoms with van der Waals surface area (Å²) in [5.74, 6) is 0. The van der Waals surface area contributed by atoms with Crippen LogP contribution < -0.4 is 0 Å². The van der Waals surface area contributed by atoms with Crippen molar-refractivity contribution in [2.24, 2.45) is 0 Å². The summed E-state index contributed by atoms with van der Waals surface area (Å²) >= 11 is 0. The van der Waals surface area contributed by atoms with Crippen LogP contribution in [-0.2, 0) is 18.1 Å². The van der Waals surface area contributed by atoms with Crippen molar-refractivity contribution in [1.29, 1.82) is 0 Å². The van der Waals surface area contributed by atoms with Crippen LogP contribution in [0.1, 0.15) is 34.9 Å². The fourth-order valence-corrected chi connectivity index (χ4v) is 4.01. The molecule has 0 aliphatic heterocycles. The molecule has 0 bridgehead atoms. The third kappa shape index (κ3) is 3.30. The summed E-state index contributed by atoms with van der Waals surface area (Å²) in [5.41, 5.74) is 0.799. The van der Waals surface area contributed by atoms with Gasteiger partial charge in [-0.1, -0.05) is 97.9 Å². The van der Waals surface area contributed by atoms with Crippen LogP contribution in [0.3, 0.4) is 0 Å². The molecule has 0 N–H and O–H groups in total. The highest BCUT2D eigenvalue weighted by molar-refractivity contribution is 5.50. The molecule has 1 heterocycles. The first-order valence-corrected chi connectivity index (χ1v) is 9.80. The van der Waals surface area contributed by atoms with E-state index < -0.39 is 17.4 Å². The maximum absolute atomic E-state index is 13.8. The second kappa shape index (κ2) is 7.82. The molecule has 4 rings (SSSR count). The van der Waals surface area contributed by atoms with Crippen molar-refractivity contribution in [1.82, 2.24) is 9.78 Å². The van der Waals surface area contributed by atoms with Crippen LogP contribution in [0.5, 0.6) is 0 Å². The van der Waals surface area contributed by atoms with E-state index in [2.05, 4.69) is 5.10 Å². The van der Waals surface area contributed by atoms with Crippen molar-refractivity contribution in [2.45, 2.75) is 25.1 Å². The van der Waals surface area contributed by atoms with Crippen LogP contribution in [0.25, 0.3) is 0 Å². The first kappa shape index (κ1) is 20.0. The van der Waals surface area contributed by atoms with Gasteiger partial charge in [-0.3, -0.25) is 4.68 Å². The molecule has 0 fully saturated rings. The molecule has 0 aliphatic carbocycles. The summed E-state index contributed by atoms with van der Waals surface area (Å²) in [6.45, 7) is 1.71. The van der Waals surface area contributed by atoms with Gasteiger partial charge in [0.15, 0.2) is 5.69 Å². The zero-order valence-electron chi connectivity index (χ0n) is 16.5. The van der Waals surface area contributed by atoms with Crippen LogP contribution in [0.15, 0.2) is 97.2 Å². The molecule has 0 saturated heterocycles. The molecule has 3 aromatic carbocycles. The third-order valence-corrected chi connectivity index (χ3v) is 5.36. The van der Waals surface area contributed by atoms with Gasteiger partial charge in [-0.25, -0.2) is 0 Å². The van der Waals surface area contributed by atoms with Crippen molar-refractivity contribution < 1.29 is 13.2 Å². The molecule has 152 valence electrons. The predicted octanol–water partition coefficient (Wildman–Crippen LogP) is 6.30. The Morgan fingerprint density at radius 2 is 1.10 bits per heavy atom. The summed E-state index contributed by atoms with van der Waals surface area (Å²) in [5, 5.41) is 4.15. The fourth-order valence-electron chi connectivity index (χ4n) is 4.01. The van der Waals surface area contributed by atoms with Gasteiger partial charge in [-0.2, -0.15) is 18.3 Å². The van der Waals surface area contributed by atoms with E-state index in [0.29, 0.717) is 0 Å². The van der Waals surface area contributed by atoms with E-state index in [-0.39, 0.29) is 12.0 Å². The number of hydrogen-bond acceptors (Lipinski definition) is 1. The van der Waals surface area contributed by atoms with E-state index in [1.807, 2.05) is 91.0 Å². The van der Waals surface area contributed by atoms with Crippen LogP contribution in [0, 0.1) is 0 Å². The highest BCUT2D eigenvalue weighted by Crippen LogP contribution is 2.42. The van der Waals surface area contributed by atoms with Gasteiger partial charge in [0.25, 0.3) is 0 Å². The van der Waals surface area contributed by atoms with Crippen LogP contribution in [0.2, 0.25) is 0 Å². The molecule has 0 amide bonds. The number of benzene rings is 3. The number of nitrogens with zero attached hydrogens (tertiary/aromatic N) is 2. The largest absolute Gasteiger partial charge is 0.435 e. The van der Waals surface area contributed by atoms with Gasteiger partial charge in [-0.15, -0.1) is 0 Å². The van der Waals surface area contributed by atoms with Gasteiger partial charge in [0.2, 0.25) is 0 Å². The van der Waals surface area contributed by atoms with Crippen molar-refractivity contribution in [3.63, 3.8) is 0 Å². The Labute approximate surface area is 173 Å². The molecule has 0 unspecified atom stereocenters. The van der Waals surface area contributed by atoms with E-state index >= 15 is 0 Å². The smallest absolute Gasteiger partial charge is 0.252 e. The molecule has 2 nitrogen and oxygen atoms in total. The summed E-state index contributed by atoms with van der Waals surface area (Å²) in [7, 11) is 0. The lowest BCUT2D eigenvalue weighted by molar-refractivity contribution is -0.142. The predicted molar refractivity (Wildman–Crippen MR) is 111 cm³/mol. The van der Waals surface area contributed by atoms with Gasteiger partial charge in [0.05, 0.1) is 0 Å². The van der Waals surface area contributed by atoms with E-state index in [0.717, 1.165) is 16.7 Å². The average molecular weight is 406 g/mol. The maximum atomic E-state index is 13.8. The Morgan fingerprint density at radius 3 is 1.40 bits per heavy atom. The van der Waals surface area contributed by atoms with E-state index in [9.17, 15) is 13.2 Å². The molecule has 4 aromatic rings. The Bertz CT molecular complexity index is 1000. The maximum Gasteiger partial charge on any atom is 0.435 e. The fraction of sp³-hybridized carbons (Fsp3) is 0.160. The zero-order valence-corrected chi connectivity index (χ0v) is 16.5. The highest BCUT2D eigenvalue weighted by Gasteiger charge is 2.43. The average Bonchev–Trinajstić information content (AvgIpc) is 3.22. The summed E-state index contributed by atoms with van der Waals surface area (Å²) in [4.78, 5) is 0. The molecular formula is C25H21F3N2. The number of hydrogen-bond donors (Lipinski definition) is 0. The van der Waals surface area contributed by atoms with E-state index in [1.54, 1.807) is 6.92 Å². The Balaban J connectivity index is 2.13. The standard InChI is InChI=1S/C25H21F3N2/c1-2-19-18-30(29-23(19)25(26,27)28)24(20-12-6-3-7-13-20,21-14-8-4-9-15-21)22-16-10-5-11-17-22/h3-18H,2H2,1H3.